The third-order valence-corrected chi connectivity index (χ3v) is 4.83. The Morgan fingerprint density at radius 3 is 3.06 bits per heavy atom. The summed E-state index contributed by atoms with van der Waals surface area (Å²) in [6, 6.07) is 6.56. The average molecular weight is 303 g/mol. The number of aliphatic imine (C=N–C) groups is 1. The second-order valence-electron chi connectivity index (χ2n) is 3.56. The molecule has 0 spiro atoms. The van der Waals surface area contributed by atoms with Gasteiger partial charge in [0.05, 0.1) is 6.54 Å². The summed E-state index contributed by atoms with van der Waals surface area (Å²) in [5.74, 6) is -0.218. The monoisotopic (exact) mass is 302 g/mol. The van der Waals surface area contributed by atoms with Crippen molar-refractivity contribution in [2.24, 2.45) is 4.99 Å². The van der Waals surface area contributed by atoms with Crippen LogP contribution in [0.2, 0.25) is 0 Å². The molecule has 1 aliphatic rings. The van der Waals surface area contributed by atoms with Crippen LogP contribution >= 0.6 is 27.7 Å². The third-order valence-electron chi connectivity index (χ3n) is 2.36. The van der Waals surface area contributed by atoms with Crippen LogP contribution < -0.4 is 4.90 Å². The summed E-state index contributed by atoms with van der Waals surface area (Å²) in [6.07, 6.45) is 0. The van der Waals surface area contributed by atoms with Crippen LogP contribution in [-0.4, -0.2) is 29.3 Å². The zero-order valence-corrected chi connectivity index (χ0v) is 11.3. The third kappa shape index (κ3) is 2.58. The van der Waals surface area contributed by atoms with Crippen molar-refractivity contribution in [3.63, 3.8) is 0 Å². The largest absolute Gasteiger partial charge is 0.324 e. The van der Waals surface area contributed by atoms with Gasteiger partial charge in [-0.15, -0.1) is 0 Å². The van der Waals surface area contributed by atoms with Gasteiger partial charge in [-0.25, -0.2) is 4.39 Å². The summed E-state index contributed by atoms with van der Waals surface area (Å²) in [4.78, 5) is 6.37. The van der Waals surface area contributed by atoms with Gasteiger partial charge in [-0.3, -0.25) is 4.99 Å². The molecule has 0 saturated carbocycles. The smallest absolute Gasteiger partial charge is 0.163 e. The normalized spacial score (nSPS) is 19.7. The van der Waals surface area contributed by atoms with Gasteiger partial charge in [-0.1, -0.05) is 33.8 Å². The molecule has 0 bridgehead atoms. The minimum absolute atomic E-state index is 0.218. The summed E-state index contributed by atoms with van der Waals surface area (Å²) < 4.78 is 13.1. The number of alkyl halides is 1. The van der Waals surface area contributed by atoms with Crippen LogP contribution in [0.15, 0.2) is 29.3 Å². The molecule has 0 saturated heterocycles. The van der Waals surface area contributed by atoms with Crippen molar-refractivity contribution < 1.29 is 4.39 Å². The highest BCUT2D eigenvalue weighted by Crippen LogP contribution is 2.27. The lowest BCUT2D eigenvalue weighted by Crippen LogP contribution is -2.22. The number of amidine groups is 1. The first-order valence-electron chi connectivity index (χ1n) is 4.97. The van der Waals surface area contributed by atoms with Crippen LogP contribution in [0, 0.1) is 5.82 Å². The molecule has 1 aromatic rings. The Bertz CT molecular complexity index is 411. The molecule has 0 aliphatic carbocycles. The topological polar surface area (TPSA) is 15.6 Å². The van der Waals surface area contributed by atoms with Crippen molar-refractivity contribution >= 4 is 38.5 Å². The van der Waals surface area contributed by atoms with Gasteiger partial charge in [0.15, 0.2) is 5.17 Å². The molecule has 2 rings (SSSR count). The number of benzene rings is 1. The van der Waals surface area contributed by atoms with Gasteiger partial charge in [-0.05, 0) is 18.2 Å². The molecule has 0 N–H and O–H groups in total. The van der Waals surface area contributed by atoms with Crippen LogP contribution in [0.1, 0.15) is 0 Å². The minimum atomic E-state index is -0.218. The molecule has 1 aromatic carbocycles. The lowest BCUT2D eigenvalue weighted by molar-refractivity contribution is 0.628. The first-order valence-corrected chi connectivity index (χ1v) is 6.97. The van der Waals surface area contributed by atoms with Crippen LogP contribution in [0.25, 0.3) is 0 Å². The number of hydrogen-bond acceptors (Lipinski definition) is 3. The fraction of sp³-hybridized carbons (Fsp3) is 0.364. The summed E-state index contributed by atoms with van der Waals surface area (Å²) >= 11 is 5.17. The highest BCUT2D eigenvalue weighted by atomic mass is 79.9. The maximum absolute atomic E-state index is 13.1. The Hall–Kier alpha value is -0.550. The van der Waals surface area contributed by atoms with E-state index >= 15 is 0 Å². The van der Waals surface area contributed by atoms with Crippen molar-refractivity contribution in [3.05, 3.63) is 30.1 Å². The van der Waals surface area contributed by atoms with E-state index in [2.05, 4.69) is 20.9 Å². The quantitative estimate of drug-likeness (QED) is 0.780. The highest BCUT2D eigenvalue weighted by molar-refractivity contribution is 9.09. The van der Waals surface area contributed by atoms with E-state index in [0.29, 0.717) is 5.25 Å². The standard InChI is InChI=1S/C11H12BrFN2S/c1-15(9-4-2-3-8(13)5-9)11-14-7-10(6-12)16-11/h2-5,10H,6-7H2,1H3. The van der Waals surface area contributed by atoms with Gasteiger partial charge in [-0.2, -0.15) is 0 Å². The average Bonchev–Trinajstić information content (AvgIpc) is 2.76. The Kier molecular flexibility index (Phi) is 3.86. The molecule has 1 heterocycles. The molecule has 16 heavy (non-hydrogen) atoms. The molecular formula is C11H12BrFN2S. The molecule has 5 heteroatoms. The first kappa shape index (κ1) is 11.9. The fourth-order valence-electron chi connectivity index (χ4n) is 1.46. The SMILES string of the molecule is CN(C1=NCC(CBr)S1)c1cccc(F)c1. The lowest BCUT2D eigenvalue weighted by atomic mass is 10.3. The summed E-state index contributed by atoms with van der Waals surface area (Å²) in [5.41, 5.74) is 0.835. The van der Waals surface area contributed by atoms with Gasteiger partial charge < -0.3 is 4.90 Å². The van der Waals surface area contributed by atoms with E-state index in [1.165, 1.54) is 12.1 Å². The summed E-state index contributed by atoms with van der Waals surface area (Å²) in [6.45, 7) is 0.824. The Morgan fingerprint density at radius 1 is 1.62 bits per heavy atom. The predicted molar refractivity (Wildman–Crippen MR) is 72.3 cm³/mol. The lowest BCUT2D eigenvalue weighted by Gasteiger charge is -2.18. The van der Waals surface area contributed by atoms with Crippen molar-refractivity contribution in [1.82, 2.24) is 0 Å². The Morgan fingerprint density at radius 2 is 2.44 bits per heavy atom. The Balaban J connectivity index is 2.11. The number of thioether (sulfide) groups is 1. The van der Waals surface area contributed by atoms with Gasteiger partial charge in [0.25, 0.3) is 0 Å². The fourth-order valence-corrected chi connectivity index (χ4v) is 2.99. The molecule has 0 amide bonds. The highest BCUT2D eigenvalue weighted by Gasteiger charge is 2.21. The van der Waals surface area contributed by atoms with Crippen molar-refractivity contribution in [1.29, 1.82) is 0 Å². The number of anilines is 1. The van der Waals surface area contributed by atoms with Crippen molar-refractivity contribution in [3.8, 4) is 0 Å². The predicted octanol–water partition coefficient (Wildman–Crippen LogP) is 3.13. The van der Waals surface area contributed by atoms with Crippen LogP contribution in [0.3, 0.4) is 0 Å². The first-order chi connectivity index (χ1) is 7.70. The van der Waals surface area contributed by atoms with Gasteiger partial charge >= 0.3 is 0 Å². The van der Waals surface area contributed by atoms with Crippen molar-refractivity contribution in [2.45, 2.75) is 5.25 Å². The van der Waals surface area contributed by atoms with E-state index in [1.807, 2.05) is 18.0 Å². The second-order valence-corrected chi connectivity index (χ2v) is 5.47. The van der Waals surface area contributed by atoms with Crippen molar-refractivity contribution in [2.75, 3.05) is 23.8 Å². The van der Waals surface area contributed by atoms with E-state index in [0.717, 1.165) is 22.7 Å². The molecule has 1 aliphatic heterocycles. The van der Waals surface area contributed by atoms with E-state index in [-0.39, 0.29) is 5.82 Å². The zero-order chi connectivity index (χ0) is 11.5. The van der Waals surface area contributed by atoms with Gasteiger partial charge in [0, 0.05) is 23.3 Å². The van der Waals surface area contributed by atoms with Crippen LogP contribution in [0.4, 0.5) is 10.1 Å². The molecular weight excluding hydrogens is 291 g/mol. The molecule has 0 radical (unpaired) electrons. The van der Waals surface area contributed by atoms with E-state index in [1.54, 1.807) is 17.8 Å². The van der Waals surface area contributed by atoms with Gasteiger partial charge in [0.1, 0.15) is 5.82 Å². The second kappa shape index (κ2) is 5.19. The number of nitrogens with zero attached hydrogens (tertiary/aromatic N) is 2. The summed E-state index contributed by atoms with van der Waals surface area (Å²) in [5, 5.41) is 2.38. The zero-order valence-electron chi connectivity index (χ0n) is 8.86. The molecule has 86 valence electrons. The molecule has 2 nitrogen and oxygen atoms in total. The maximum atomic E-state index is 13.1. The summed E-state index contributed by atoms with van der Waals surface area (Å²) in [7, 11) is 1.91. The Labute approximate surface area is 107 Å². The maximum Gasteiger partial charge on any atom is 0.163 e. The number of halogens is 2. The van der Waals surface area contributed by atoms with E-state index in [4.69, 9.17) is 0 Å². The minimum Gasteiger partial charge on any atom is -0.324 e. The molecule has 1 atom stereocenters. The molecule has 0 aromatic heterocycles. The van der Waals surface area contributed by atoms with Crippen LogP contribution in [-0.2, 0) is 0 Å². The van der Waals surface area contributed by atoms with E-state index in [9.17, 15) is 4.39 Å². The molecule has 1 unspecified atom stereocenters. The number of rotatable bonds is 2. The van der Waals surface area contributed by atoms with E-state index < -0.39 is 0 Å². The van der Waals surface area contributed by atoms with Gasteiger partial charge in [0.2, 0.25) is 0 Å². The van der Waals surface area contributed by atoms with Crippen LogP contribution in [0.5, 0.6) is 0 Å². The molecule has 0 fully saturated rings. The number of hydrogen-bond donors (Lipinski definition) is 0.